The van der Waals surface area contributed by atoms with Crippen LogP contribution in [0, 0.1) is 0 Å². The lowest BCUT2D eigenvalue weighted by Gasteiger charge is -2.01. The quantitative estimate of drug-likeness (QED) is 0.846. The Labute approximate surface area is 121 Å². The highest BCUT2D eigenvalue weighted by Gasteiger charge is 2.25. The molecule has 0 aliphatic heterocycles. The van der Waals surface area contributed by atoms with Crippen molar-refractivity contribution in [1.82, 2.24) is 10.1 Å². The number of nitrogens with zero attached hydrogens (tertiary/aromatic N) is 2. The minimum absolute atomic E-state index is 0.0916. The summed E-state index contributed by atoms with van der Waals surface area (Å²) in [6, 6.07) is 5.03. The first-order chi connectivity index (χ1) is 10.1. The highest BCUT2D eigenvalue weighted by atomic mass is 16.5. The van der Waals surface area contributed by atoms with Crippen LogP contribution in [0.1, 0.15) is 36.5 Å². The van der Waals surface area contributed by atoms with E-state index in [0.29, 0.717) is 12.1 Å². The van der Waals surface area contributed by atoms with Crippen molar-refractivity contribution < 1.29 is 19.2 Å². The summed E-state index contributed by atoms with van der Waals surface area (Å²) in [6.07, 6.45) is 3.41. The van der Waals surface area contributed by atoms with Crippen LogP contribution in [0.25, 0.3) is 11.4 Å². The van der Waals surface area contributed by atoms with Gasteiger partial charge in [0, 0.05) is 12.6 Å². The molecule has 110 valence electrons. The molecule has 2 heterocycles. The summed E-state index contributed by atoms with van der Waals surface area (Å²) in [5.41, 5.74) is 0.264. The number of aromatic nitrogens is 2. The first-order valence-electron chi connectivity index (χ1n) is 6.57. The van der Waals surface area contributed by atoms with E-state index in [4.69, 9.17) is 4.52 Å². The van der Waals surface area contributed by atoms with Gasteiger partial charge >= 0.3 is 5.97 Å². The fraction of sp³-hybridized carbons (Fsp3) is 0.286. The lowest BCUT2D eigenvalue weighted by Crippen LogP contribution is -2.13. The topological polar surface area (TPSA) is 105 Å². The molecule has 0 bridgehead atoms. The maximum atomic E-state index is 11.7. The molecule has 0 unspecified atom stereocenters. The molecule has 2 aromatic rings. The average molecular weight is 289 g/mol. The molecule has 0 saturated carbocycles. The fourth-order valence-corrected chi connectivity index (χ4v) is 1.78. The zero-order valence-corrected chi connectivity index (χ0v) is 11.5. The standard InChI is InChI=1S/C14H15N3O4/c1-2-3-7-10(18)16-13-11(14(19)20)12(17-21-13)9-6-4-5-8-15-9/h4-6,8H,2-3,7H2,1H3,(H,16,18)(H,19,20). The molecule has 2 N–H and O–H groups in total. The minimum atomic E-state index is -1.23. The highest BCUT2D eigenvalue weighted by molar-refractivity contribution is 6.02. The van der Waals surface area contributed by atoms with Crippen LogP contribution in [0.15, 0.2) is 28.9 Å². The Hall–Kier alpha value is -2.70. The molecule has 1 amide bonds. The zero-order chi connectivity index (χ0) is 15.2. The summed E-state index contributed by atoms with van der Waals surface area (Å²) in [5.74, 6) is -1.70. The molecular formula is C14H15N3O4. The number of rotatable bonds is 6. The molecule has 0 radical (unpaired) electrons. The Morgan fingerprint density at radius 1 is 1.38 bits per heavy atom. The molecule has 7 heteroatoms. The molecule has 21 heavy (non-hydrogen) atoms. The molecule has 0 saturated heterocycles. The Balaban J connectivity index is 2.30. The molecule has 0 aromatic carbocycles. The van der Waals surface area contributed by atoms with Gasteiger partial charge in [0.15, 0.2) is 5.56 Å². The van der Waals surface area contributed by atoms with E-state index in [1.54, 1.807) is 18.2 Å². The lowest BCUT2D eigenvalue weighted by atomic mass is 10.1. The number of carboxylic acids is 1. The maximum Gasteiger partial charge on any atom is 0.343 e. The van der Waals surface area contributed by atoms with E-state index in [1.165, 1.54) is 6.20 Å². The van der Waals surface area contributed by atoms with E-state index in [-0.39, 0.29) is 23.0 Å². The Morgan fingerprint density at radius 2 is 2.19 bits per heavy atom. The van der Waals surface area contributed by atoms with Crippen molar-refractivity contribution in [3.63, 3.8) is 0 Å². The van der Waals surface area contributed by atoms with E-state index >= 15 is 0 Å². The second-order valence-corrected chi connectivity index (χ2v) is 4.41. The summed E-state index contributed by atoms with van der Waals surface area (Å²) in [6.45, 7) is 1.96. The number of carbonyl (C=O) groups is 2. The third-order valence-corrected chi connectivity index (χ3v) is 2.82. The number of nitrogens with one attached hydrogen (secondary N) is 1. The second-order valence-electron chi connectivity index (χ2n) is 4.41. The van der Waals surface area contributed by atoms with Crippen LogP contribution in [0.4, 0.5) is 5.88 Å². The van der Waals surface area contributed by atoms with Crippen LogP contribution in [0.3, 0.4) is 0 Å². The van der Waals surface area contributed by atoms with Gasteiger partial charge < -0.3 is 9.63 Å². The van der Waals surface area contributed by atoms with Gasteiger partial charge in [0.2, 0.25) is 11.8 Å². The third kappa shape index (κ3) is 3.44. The average Bonchev–Trinajstić information content (AvgIpc) is 2.89. The minimum Gasteiger partial charge on any atom is -0.477 e. The van der Waals surface area contributed by atoms with E-state index < -0.39 is 5.97 Å². The van der Waals surface area contributed by atoms with E-state index in [1.807, 2.05) is 6.92 Å². The predicted octanol–water partition coefficient (Wildman–Crippen LogP) is 2.56. The van der Waals surface area contributed by atoms with Gasteiger partial charge in [-0.2, -0.15) is 0 Å². The number of aromatic carboxylic acids is 1. The van der Waals surface area contributed by atoms with Crippen molar-refractivity contribution in [2.75, 3.05) is 5.32 Å². The fourth-order valence-electron chi connectivity index (χ4n) is 1.78. The lowest BCUT2D eigenvalue weighted by molar-refractivity contribution is -0.116. The van der Waals surface area contributed by atoms with E-state index in [2.05, 4.69) is 15.5 Å². The van der Waals surface area contributed by atoms with Gasteiger partial charge in [0.1, 0.15) is 5.69 Å². The molecule has 0 atom stereocenters. The number of carbonyl (C=O) groups excluding carboxylic acids is 1. The Kier molecular flexibility index (Phi) is 4.65. The first kappa shape index (κ1) is 14.7. The van der Waals surface area contributed by atoms with Gasteiger partial charge in [-0.15, -0.1) is 0 Å². The highest BCUT2D eigenvalue weighted by Crippen LogP contribution is 2.27. The van der Waals surface area contributed by atoms with Crippen molar-refractivity contribution in [2.24, 2.45) is 0 Å². The van der Waals surface area contributed by atoms with Gasteiger partial charge in [-0.1, -0.05) is 24.6 Å². The molecule has 2 aromatic heterocycles. The van der Waals surface area contributed by atoms with Gasteiger partial charge in [0.05, 0.1) is 5.69 Å². The van der Waals surface area contributed by atoms with Crippen LogP contribution in [-0.4, -0.2) is 27.1 Å². The van der Waals surface area contributed by atoms with Gasteiger partial charge in [-0.25, -0.2) is 4.79 Å². The molecule has 0 aliphatic carbocycles. The van der Waals surface area contributed by atoms with Crippen molar-refractivity contribution in [3.05, 3.63) is 30.0 Å². The molecular weight excluding hydrogens is 274 g/mol. The third-order valence-electron chi connectivity index (χ3n) is 2.82. The van der Waals surface area contributed by atoms with E-state index in [9.17, 15) is 14.7 Å². The van der Waals surface area contributed by atoms with E-state index in [0.717, 1.165) is 12.8 Å². The molecule has 2 rings (SSSR count). The van der Waals surface area contributed by atoms with Crippen LogP contribution in [0.5, 0.6) is 0 Å². The number of hydrogen-bond donors (Lipinski definition) is 2. The second kappa shape index (κ2) is 6.65. The maximum absolute atomic E-state index is 11.7. The van der Waals surface area contributed by atoms with Crippen molar-refractivity contribution in [2.45, 2.75) is 26.2 Å². The van der Waals surface area contributed by atoms with Crippen LogP contribution in [0.2, 0.25) is 0 Å². The Bertz CT molecular complexity index is 637. The Morgan fingerprint density at radius 3 is 2.81 bits per heavy atom. The predicted molar refractivity (Wildman–Crippen MR) is 74.8 cm³/mol. The SMILES string of the molecule is CCCCC(=O)Nc1onc(-c2ccccn2)c1C(=O)O. The monoisotopic (exact) mass is 289 g/mol. The zero-order valence-electron chi connectivity index (χ0n) is 11.5. The summed E-state index contributed by atoms with van der Waals surface area (Å²) in [4.78, 5) is 27.1. The summed E-state index contributed by atoms with van der Waals surface area (Å²) < 4.78 is 4.96. The number of hydrogen-bond acceptors (Lipinski definition) is 5. The molecule has 0 spiro atoms. The van der Waals surface area contributed by atoms with Crippen LogP contribution < -0.4 is 5.32 Å². The number of carboxylic acid groups (broad SMARTS) is 1. The van der Waals surface area contributed by atoms with Crippen molar-refractivity contribution >= 4 is 17.8 Å². The van der Waals surface area contributed by atoms with Crippen LogP contribution in [-0.2, 0) is 4.79 Å². The number of unbranched alkanes of at least 4 members (excludes halogenated alkanes) is 1. The van der Waals surface area contributed by atoms with Gasteiger partial charge in [-0.3, -0.25) is 15.1 Å². The summed E-state index contributed by atoms with van der Waals surface area (Å²) >= 11 is 0. The molecule has 0 fully saturated rings. The molecule has 7 nitrogen and oxygen atoms in total. The van der Waals surface area contributed by atoms with Gasteiger partial charge in [-0.05, 0) is 18.6 Å². The number of amides is 1. The molecule has 0 aliphatic rings. The van der Waals surface area contributed by atoms with Crippen LogP contribution >= 0.6 is 0 Å². The first-order valence-corrected chi connectivity index (χ1v) is 6.57. The summed E-state index contributed by atoms with van der Waals surface area (Å²) in [7, 11) is 0. The van der Waals surface area contributed by atoms with Crippen molar-refractivity contribution in [1.29, 1.82) is 0 Å². The smallest absolute Gasteiger partial charge is 0.343 e. The number of pyridine rings is 1. The van der Waals surface area contributed by atoms with Crippen molar-refractivity contribution in [3.8, 4) is 11.4 Å². The number of anilines is 1. The normalized spacial score (nSPS) is 10.3. The van der Waals surface area contributed by atoms with Gasteiger partial charge in [0.25, 0.3) is 0 Å². The summed E-state index contributed by atoms with van der Waals surface area (Å²) in [5, 5.41) is 15.5. The largest absolute Gasteiger partial charge is 0.477 e.